The Balaban J connectivity index is 1.82. The molecule has 0 saturated carbocycles. The minimum Gasteiger partial charge on any atom is -0.361 e. The van der Waals surface area contributed by atoms with Crippen molar-refractivity contribution in [2.75, 3.05) is 6.54 Å². The second-order valence-electron chi connectivity index (χ2n) is 9.59. The summed E-state index contributed by atoms with van der Waals surface area (Å²) >= 11 is 6.04. The molecule has 3 aromatic carbocycles. The van der Waals surface area contributed by atoms with Crippen LogP contribution >= 0.6 is 11.6 Å². The van der Waals surface area contributed by atoms with Gasteiger partial charge in [-0.05, 0) is 68.7 Å². The van der Waals surface area contributed by atoms with Crippen molar-refractivity contribution in [3.63, 3.8) is 0 Å². The number of hydrogen-bond donors (Lipinski definition) is 2. The van der Waals surface area contributed by atoms with E-state index >= 15 is 0 Å². The summed E-state index contributed by atoms with van der Waals surface area (Å²) in [7, 11) is -8.93. The molecule has 8 nitrogen and oxygen atoms in total. The first-order valence-electron chi connectivity index (χ1n) is 12.5. The second kappa shape index (κ2) is 10.8. The van der Waals surface area contributed by atoms with E-state index in [1.54, 1.807) is 36.4 Å². The van der Waals surface area contributed by atoms with Crippen molar-refractivity contribution in [1.82, 2.24) is 14.6 Å². The third-order valence-corrected chi connectivity index (χ3v) is 11.2. The van der Waals surface area contributed by atoms with E-state index in [0.717, 1.165) is 9.87 Å². The van der Waals surface area contributed by atoms with Crippen LogP contribution in [0.25, 0.3) is 10.9 Å². The second-order valence-corrected chi connectivity index (χ2v) is 13.9. The first-order chi connectivity index (χ1) is 18.6. The van der Waals surface area contributed by atoms with Crippen LogP contribution in [-0.4, -0.2) is 44.6 Å². The number of sulfone groups is 1. The molecule has 39 heavy (non-hydrogen) atoms. The van der Waals surface area contributed by atoms with Crippen molar-refractivity contribution in [3.05, 3.63) is 95.1 Å². The Kier molecular flexibility index (Phi) is 7.56. The normalized spacial score (nSPS) is 17.6. The molecule has 2 heterocycles. The standard InChI is InChI=1S/C28H28ClN3O5S2/c1-19-9-13-21(14-10-19)38(34,35)28(24-18-31-25-7-3-2-6-23(24)25)32(26-8-4-5-17-30-27(26)33)39(36,37)22-15-11-20(29)12-16-22/h2-3,6-7,9-16,18,26,28,31H,4-5,8,17H2,1H3,(H,30,33). The van der Waals surface area contributed by atoms with Crippen molar-refractivity contribution in [1.29, 1.82) is 0 Å². The predicted octanol–water partition coefficient (Wildman–Crippen LogP) is 4.96. The van der Waals surface area contributed by atoms with Crippen molar-refractivity contribution < 1.29 is 21.6 Å². The zero-order chi connectivity index (χ0) is 27.8. The highest BCUT2D eigenvalue weighted by Gasteiger charge is 2.48. The molecule has 2 unspecified atom stereocenters. The first kappa shape index (κ1) is 27.4. The predicted molar refractivity (Wildman–Crippen MR) is 151 cm³/mol. The van der Waals surface area contributed by atoms with E-state index in [2.05, 4.69) is 10.3 Å². The molecule has 204 valence electrons. The SMILES string of the molecule is Cc1ccc(S(=O)(=O)C(c2c[nH]c3ccccc23)N(C2CCCCNC2=O)S(=O)(=O)c2ccc(Cl)cc2)cc1. The van der Waals surface area contributed by atoms with Crippen LogP contribution in [-0.2, 0) is 24.7 Å². The van der Waals surface area contributed by atoms with Gasteiger partial charge in [0.25, 0.3) is 0 Å². The molecular weight excluding hydrogens is 558 g/mol. The summed E-state index contributed by atoms with van der Waals surface area (Å²) in [6.45, 7) is 2.22. The molecule has 4 aromatic rings. The molecule has 0 radical (unpaired) electrons. The number of para-hydroxylation sites is 1. The molecule has 1 aliphatic rings. The number of nitrogens with zero attached hydrogens (tertiary/aromatic N) is 1. The topological polar surface area (TPSA) is 116 Å². The van der Waals surface area contributed by atoms with Crippen LogP contribution < -0.4 is 5.32 Å². The summed E-state index contributed by atoms with van der Waals surface area (Å²) in [4.78, 5) is 16.3. The van der Waals surface area contributed by atoms with Gasteiger partial charge in [0.05, 0.1) is 9.79 Å². The number of sulfonamides is 1. The number of H-pyrrole nitrogens is 1. The highest BCUT2D eigenvalue weighted by molar-refractivity contribution is 7.94. The quantitative estimate of drug-likeness (QED) is 0.318. The Morgan fingerprint density at radius 3 is 2.28 bits per heavy atom. The van der Waals surface area contributed by atoms with Gasteiger partial charge in [-0.3, -0.25) is 4.79 Å². The molecule has 11 heteroatoms. The molecule has 1 amide bonds. The first-order valence-corrected chi connectivity index (χ1v) is 15.9. The lowest BCUT2D eigenvalue weighted by molar-refractivity contribution is -0.124. The van der Waals surface area contributed by atoms with Gasteiger partial charge in [-0.2, -0.15) is 4.31 Å². The van der Waals surface area contributed by atoms with Crippen molar-refractivity contribution in [2.24, 2.45) is 0 Å². The number of carbonyl (C=O) groups is 1. The molecule has 1 aromatic heterocycles. The number of fused-ring (bicyclic) bond motifs is 1. The van der Waals surface area contributed by atoms with Crippen LogP contribution in [0, 0.1) is 6.92 Å². The molecule has 1 fully saturated rings. The number of nitrogens with one attached hydrogen (secondary N) is 2. The Hall–Kier alpha value is -3.18. The van der Waals surface area contributed by atoms with Crippen LogP contribution in [0.2, 0.25) is 5.02 Å². The number of carbonyl (C=O) groups excluding carboxylic acids is 1. The highest BCUT2D eigenvalue weighted by atomic mass is 35.5. The van der Waals surface area contributed by atoms with E-state index in [9.17, 15) is 21.6 Å². The van der Waals surface area contributed by atoms with E-state index in [0.29, 0.717) is 35.3 Å². The summed E-state index contributed by atoms with van der Waals surface area (Å²) in [5.41, 5.74) is 1.73. The molecule has 2 N–H and O–H groups in total. The number of halogens is 1. The Labute approximate surface area is 233 Å². The molecule has 1 aliphatic heterocycles. The summed E-state index contributed by atoms with van der Waals surface area (Å²) in [5, 5.41) is 1.92. The average molecular weight is 586 g/mol. The third kappa shape index (κ3) is 5.21. The van der Waals surface area contributed by atoms with E-state index in [1.807, 2.05) is 6.92 Å². The maximum atomic E-state index is 14.5. The molecule has 0 bridgehead atoms. The van der Waals surface area contributed by atoms with Gasteiger partial charge in [-0.1, -0.05) is 47.5 Å². The van der Waals surface area contributed by atoms with E-state index in [1.165, 1.54) is 42.6 Å². The molecule has 0 aliphatic carbocycles. The maximum absolute atomic E-state index is 14.5. The molecular formula is C28H28ClN3O5S2. The number of aromatic amines is 1. The fourth-order valence-electron chi connectivity index (χ4n) is 4.95. The van der Waals surface area contributed by atoms with Gasteiger partial charge in [-0.25, -0.2) is 16.8 Å². The summed E-state index contributed by atoms with van der Waals surface area (Å²) in [5.74, 6) is -0.533. The number of aryl methyl sites for hydroxylation is 1. The lowest BCUT2D eigenvalue weighted by atomic mass is 10.1. The Bertz CT molecular complexity index is 1720. The maximum Gasteiger partial charge on any atom is 0.245 e. The minimum absolute atomic E-state index is 0.0475. The van der Waals surface area contributed by atoms with Crippen LogP contribution in [0.4, 0.5) is 0 Å². The lowest BCUT2D eigenvalue weighted by Gasteiger charge is -2.35. The minimum atomic E-state index is -4.54. The fraction of sp³-hybridized carbons (Fsp3) is 0.250. The smallest absolute Gasteiger partial charge is 0.245 e. The Morgan fingerprint density at radius 2 is 1.56 bits per heavy atom. The Morgan fingerprint density at radius 1 is 0.897 bits per heavy atom. The van der Waals surface area contributed by atoms with Gasteiger partial charge in [-0.15, -0.1) is 0 Å². The molecule has 0 spiro atoms. The van der Waals surface area contributed by atoms with Crippen LogP contribution in [0.15, 0.2) is 88.8 Å². The van der Waals surface area contributed by atoms with Gasteiger partial charge < -0.3 is 10.3 Å². The van der Waals surface area contributed by atoms with Crippen molar-refractivity contribution in [3.8, 4) is 0 Å². The summed E-state index contributed by atoms with van der Waals surface area (Å²) in [6.07, 6.45) is 2.88. The summed E-state index contributed by atoms with van der Waals surface area (Å²) in [6, 6.07) is 17.6. The third-order valence-electron chi connectivity index (χ3n) is 6.96. The zero-order valence-corrected chi connectivity index (χ0v) is 23.6. The zero-order valence-electron chi connectivity index (χ0n) is 21.2. The highest BCUT2D eigenvalue weighted by Crippen LogP contribution is 2.41. The number of aromatic nitrogens is 1. The van der Waals surface area contributed by atoms with Crippen LogP contribution in [0.5, 0.6) is 0 Å². The van der Waals surface area contributed by atoms with Gasteiger partial charge in [0.1, 0.15) is 6.04 Å². The number of amides is 1. The summed E-state index contributed by atoms with van der Waals surface area (Å²) < 4.78 is 58.8. The number of benzene rings is 3. The van der Waals surface area contributed by atoms with Gasteiger partial charge in [0, 0.05) is 34.2 Å². The van der Waals surface area contributed by atoms with E-state index in [-0.39, 0.29) is 21.8 Å². The average Bonchev–Trinajstić information content (AvgIpc) is 3.22. The van der Waals surface area contributed by atoms with Gasteiger partial charge >= 0.3 is 0 Å². The van der Waals surface area contributed by atoms with E-state index in [4.69, 9.17) is 11.6 Å². The van der Waals surface area contributed by atoms with Gasteiger partial charge in [0.15, 0.2) is 15.2 Å². The number of hydrogen-bond acceptors (Lipinski definition) is 5. The largest absolute Gasteiger partial charge is 0.361 e. The molecule has 5 rings (SSSR count). The fourth-order valence-corrected chi connectivity index (χ4v) is 9.10. The van der Waals surface area contributed by atoms with E-state index < -0.39 is 37.2 Å². The van der Waals surface area contributed by atoms with Crippen LogP contribution in [0.1, 0.15) is 35.8 Å². The monoisotopic (exact) mass is 585 g/mol. The number of rotatable bonds is 7. The van der Waals surface area contributed by atoms with Crippen molar-refractivity contribution >= 4 is 48.3 Å². The molecule has 1 saturated heterocycles. The van der Waals surface area contributed by atoms with Crippen molar-refractivity contribution in [2.45, 2.75) is 47.4 Å². The molecule has 2 atom stereocenters. The van der Waals surface area contributed by atoms with Crippen LogP contribution in [0.3, 0.4) is 0 Å². The lowest BCUT2D eigenvalue weighted by Crippen LogP contribution is -2.51. The van der Waals surface area contributed by atoms with Gasteiger partial charge in [0.2, 0.25) is 15.9 Å².